The third-order valence-corrected chi connectivity index (χ3v) is 4.99. The molecule has 4 N–H and O–H groups in total. The van der Waals surface area contributed by atoms with E-state index in [4.69, 9.17) is 5.73 Å². The van der Waals surface area contributed by atoms with Crippen molar-refractivity contribution in [2.24, 2.45) is 5.10 Å². The Kier molecular flexibility index (Phi) is 6.70. The lowest BCUT2D eigenvalue weighted by Gasteiger charge is -2.09. The second kappa shape index (κ2) is 10.2. The molecule has 0 saturated carbocycles. The number of benzene rings is 3. The maximum absolute atomic E-state index is 12.7. The molecule has 0 aliphatic carbocycles. The molecule has 4 aromatic rings. The molecular weight excluding hydrogens is 412 g/mol. The van der Waals surface area contributed by atoms with Gasteiger partial charge >= 0.3 is 0 Å². The van der Waals surface area contributed by atoms with Gasteiger partial charge in [0.05, 0.1) is 23.3 Å². The zero-order valence-corrected chi connectivity index (χ0v) is 18.2. The van der Waals surface area contributed by atoms with Crippen LogP contribution < -0.4 is 16.5 Å². The van der Waals surface area contributed by atoms with E-state index in [0.717, 1.165) is 16.8 Å². The van der Waals surface area contributed by atoms with Crippen molar-refractivity contribution in [3.8, 4) is 11.3 Å². The number of nitrogens with one attached hydrogen (secondary N) is 2. The van der Waals surface area contributed by atoms with Gasteiger partial charge < -0.3 is 11.1 Å². The molecule has 1 aromatic heterocycles. The lowest BCUT2D eigenvalue weighted by Crippen LogP contribution is -2.22. The Morgan fingerprint density at radius 3 is 2.45 bits per heavy atom. The molecule has 0 bridgehead atoms. The van der Waals surface area contributed by atoms with Crippen LogP contribution in [0.4, 0.5) is 11.5 Å². The molecule has 0 aliphatic heterocycles. The van der Waals surface area contributed by atoms with Crippen LogP contribution >= 0.6 is 0 Å². The molecule has 7 nitrogen and oxygen atoms in total. The minimum absolute atomic E-state index is 0.158. The van der Waals surface area contributed by atoms with E-state index in [-0.39, 0.29) is 11.7 Å². The number of hydrogen-bond acceptors (Lipinski definition) is 6. The number of hydrogen-bond donors (Lipinski definition) is 3. The van der Waals surface area contributed by atoms with E-state index in [1.54, 1.807) is 18.3 Å². The lowest BCUT2D eigenvalue weighted by atomic mass is 10.1. The molecular formula is C26H24N6O. The summed E-state index contributed by atoms with van der Waals surface area (Å²) >= 11 is 0. The Bertz CT molecular complexity index is 1270. The summed E-state index contributed by atoms with van der Waals surface area (Å²) in [6.07, 6.45) is 1.59. The minimum atomic E-state index is -0.158. The second-order valence-corrected chi connectivity index (χ2v) is 7.41. The van der Waals surface area contributed by atoms with E-state index < -0.39 is 0 Å². The van der Waals surface area contributed by atoms with E-state index in [2.05, 4.69) is 25.8 Å². The van der Waals surface area contributed by atoms with Gasteiger partial charge in [0.15, 0.2) is 5.82 Å². The molecule has 1 amide bonds. The molecule has 0 unspecified atom stereocenters. The molecule has 1 heterocycles. The van der Waals surface area contributed by atoms with Gasteiger partial charge in [-0.25, -0.2) is 9.97 Å². The molecule has 3 aromatic carbocycles. The summed E-state index contributed by atoms with van der Waals surface area (Å²) in [6, 6.07) is 26.6. The molecule has 0 atom stereocenters. The fraction of sp³-hybridized carbons (Fsp3) is 0.0769. The SMILES string of the molecule is CC(=NNc1ccccc1)c1nc(-c2cccc(C(=O)NCc3ccccc3)c2)cnc1N. The van der Waals surface area contributed by atoms with Crippen LogP contribution in [0.1, 0.15) is 28.5 Å². The quantitative estimate of drug-likeness (QED) is 0.292. The monoisotopic (exact) mass is 436 g/mol. The zero-order chi connectivity index (χ0) is 23.0. The van der Waals surface area contributed by atoms with Crippen LogP contribution in [0, 0.1) is 0 Å². The second-order valence-electron chi connectivity index (χ2n) is 7.41. The van der Waals surface area contributed by atoms with E-state index in [0.29, 0.717) is 29.2 Å². The van der Waals surface area contributed by atoms with Crippen molar-refractivity contribution >= 4 is 23.1 Å². The Morgan fingerprint density at radius 2 is 1.70 bits per heavy atom. The standard InChI is InChI=1S/C26H24N6O/c1-18(31-32-22-13-6-3-7-14-22)24-25(27)28-17-23(30-24)20-11-8-12-21(15-20)26(33)29-16-19-9-4-2-5-10-19/h2-15,17,32H,16H2,1H3,(H2,27,28)(H,29,33). The van der Waals surface area contributed by atoms with Crippen LogP contribution in [0.2, 0.25) is 0 Å². The Morgan fingerprint density at radius 1 is 0.970 bits per heavy atom. The first-order chi connectivity index (χ1) is 16.1. The van der Waals surface area contributed by atoms with Crippen LogP contribution in [-0.2, 0) is 6.54 Å². The van der Waals surface area contributed by atoms with Gasteiger partial charge in [-0.3, -0.25) is 10.2 Å². The highest BCUT2D eigenvalue weighted by Crippen LogP contribution is 2.20. The predicted octanol–water partition coefficient (Wildman–Crippen LogP) is 4.49. The van der Waals surface area contributed by atoms with Crippen LogP contribution in [0.5, 0.6) is 0 Å². The smallest absolute Gasteiger partial charge is 0.251 e. The molecule has 4 rings (SSSR count). The summed E-state index contributed by atoms with van der Waals surface area (Å²) in [5, 5.41) is 7.32. The van der Waals surface area contributed by atoms with Crippen LogP contribution in [0.15, 0.2) is 96.2 Å². The Labute approximate surface area is 192 Å². The van der Waals surface area contributed by atoms with Crippen molar-refractivity contribution in [2.45, 2.75) is 13.5 Å². The third kappa shape index (κ3) is 5.59. The number of anilines is 2. The summed E-state index contributed by atoms with van der Waals surface area (Å²) < 4.78 is 0. The van der Waals surface area contributed by atoms with Crippen molar-refractivity contribution in [1.29, 1.82) is 0 Å². The summed E-state index contributed by atoms with van der Waals surface area (Å²) in [4.78, 5) is 21.6. The molecule has 0 fully saturated rings. The number of nitrogens with two attached hydrogens (primary N) is 1. The Hall–Kier alpha value is -4.52. The lowest BCUT2D eigenvalue weighted by molar-refractivity contribution is 0.0951. The topological polar surface area (TPSA) is 105 Å². The average molecular weight is 437 g/mol. The number of amides is 1. The molecule has 0 aliphatic rings. The number of hydrazone groups is 1. The first-order valence-electron chi connectivity index (χ1n) is 10.5. The van der Waals surface area contributed by atoms with Crippen molar-refractivity contribution in [2.75, 3.05) is 11.2 Å². The number of aromatic nitrogens is 2. The normalized spacial score (nSPS) is 11.1. The number of para-hydroxylation sites is 1. The largest absolute Gasteiger partial charge is 0.382 e. The molecule has 0 radical (unpaired) electrons. The molecule has 7 heteroatoms. The number of nitrogens with zero attached hydrogens (tertiary/aromatic N) is 3. The maximum atomic E-state index is 12.7. The van der Waals surface area contributed by atoms with Gasteiger partial charge in [-0.05, 0) is 36.8 Å². The van der Waals surface area contributed by atoms with Crippen molar-refractivity contribution < 1.29 is 4.79 Å². The maximum Gasteiger partial charge on any atom is 0.251 e. The third-order valence-electron chi connectivity index (χ3n) is 4.99. The highest BCUT2D eigenvalue weighted by molar-refractivity contribution is 6.01. The first kappa shape index (κ1) is 21.7. The number of carbonyl (C=O) groups excluding carboxylic acids is 1. The molecule has 164 valence electrons. The molecule has 0 spiro atoms. The first-order valence-corrected chi connectivity index (χ1v) is 10.5. The van der Waals surface area contributed by atoms with Gasteiger partial charge in [0, 0.05) is 17.7 Å². The fourth-order valence-electron chi connectivity index (χ4n) is 3.22. The van der Waals surface area contributed by atoms with Gasteiger partial charge in [-0.15, -0.1) is 0 Å². The number of rotatable bonds is 7. The predicted molar refractivity (Wildman–Crippen MR) is 132 cm³/mol. The minimum Gasteiger partial charge on any atom is -0.382 e. The Balaban J connectivity index is 1.52. The van der Waals surface area contributed by atoms with Gasteiger partial charge in [-0.2, -0.15) is 5.10 Å². The summed E-state index contributed by atoms with van der Waals surface area (Å²) in [5.74, 6) is 0.126. The highest BCUT2D eigenvalue weighted by atomic mass is 16.1. The van der Waals surface area contributed by atoms with Gasteiger partial charge in [-0.1, -0.05) is 60.7 Å². The average Bonchev–Trinajstić information content (AvgIpc) is 2.87. The number of nitrogen functional groups attached to an aromatic ring is 1. The summed E-state index contributed by atoms with van der Waals surface area (Å²) in [6.45, 7) is 2.27. The van der Waals surface area contributed by atoms with Gasteiger partial charge in [0.2, 0.25) is 0 Å². The molecule has 33 heavy (non-hydrogen) atoms. The summed E-state index contributed by atoms with van der Waals surface area (Å²) in [7, 11) is 0. The van der Waals surface area contributed by atoms with Crippen LogP contribution in [-0.4, -0.2) is 21.6 Å². The van der Waals surface area contributed by atoms with E-state index in [9.17, 15) is 4.79 Å². The van der Waals surface area contributed by atoms with Crippen molar-refractivity contribution in [3.63, 3.8) is 0 Å². The van der Waals surface area contributed by atoms with E-state index in [1.165, 1.54) is 0 Å². The number of carbonyl (C=O) groups is 1. The van der Waals surface area contributed by atoms with Gasteiger partial charge in [0.25, 0.3) is 5.91 Å². The van der Waals surface area contributed by atoms with E-state index >= 15 is 0 Å². The van der Waals surface area contributed by atoms with Crippen LogP contribution in [0.3, 0.4) is 0 Å². The molecule has 0 saturated heterocycles. The van der Waals surface area contributed by atoms with Crippen LogP contribution in [0.25, 0.3) is 11.3 Å². The van der Waals surface area contributed by atoms with E-state index in [1.807, 2.05) is 79.7 Å². The van der Waals surface area contributed by atoms with Crippen molar-refractivity contribution in [3.05, 3.63) is 108 Å². The zero-order valence-electron chi connectivity index (χ0n) is 18.2. The summed E-state index contributed by atoms with van der Waals surface area (Å²) in [5.41, 5.74) is 13.9. The highest BCUT2D eigenvalue weighted by Gasteiger charge is 2.12. The fourth-order valence-corrected chi connectivity index (χ4v) is 3.22. The van der Waals surface area contributed by atoms with Gasteiger partial charge in [0.1, 0.15) is 5.69 Å². The van der Waals surface area contributed by atoms with Crippen molar-refractivity contribution in [1.82, 2.24) is 15.3 Å².